The summed E-state index contributed by atoms with van der Waals surface area (Å²) in [6.45, 7) is 6.54. The fraction of sp³-hybridized carbons (Fsp3) is 0.579. The van der Waals surface area contributed by atoms with E-state index in [1.54, 1.807) is 4.90 Å². The van der Waals surface area contributed by atoms with Crippen LogP contribution in [0.3, 0.4) is 0 Å². The van der Waals surface area contributed by atoms with E-state index in [1.165, 1.54) is 0 Å². The normalized spacial score (nSPS) is 23.0. The van der Waals surface area contributed by atoms with E-state index in [0.29, 0.717) is 45.1 Å². The van der Waals surface area contributed by atoms with Crippen molar-refractivity contribution in [3.8, 4) is 0 Å². The molecule has 0 saturated carbocycles. The minimum Gasteiger partial charge on any atom is -0.449 e. The van der Waals surface area contributed by atoms with Crippen LogP contribution >= 0.6 is 15.9 Å². The number of ether oxygens (including phenoxy) is 1. The lowest BCUT2D eigenvalue weighted by atomic mass is 10.0. The number of hydrogen-bond donors (Lipinski definition) is 2. The van der Waals surface area contributed by atoms with Gasteiger partial charge in [0.05, 0.1) is 6.61 Å². The first-order chi connectivity index (χ1) is 12.9. The van der Waals surface area contributed by atoms with Crippen LogP contribution in [-0.4, -0.2) is 60.6 Å². The molecule has 0 spiro atoms. The van der Waals surface area contributed by atoms with E-state index in [1.807, 2.05) is 30.9 Å². The van der Waals surface area contributed by atoms with Crippen LogP contribution in [0, 0.1) is 5.92 Å². The average molecular weight is 439 g/mol. The summed E-state index contributed by atoms with van der Waals surface area (Å²) in [6, 6.07) is 7.97. The number of carbonyl (C=O) groups is 2. The lowest BCUT2D eigenvalue weighted by molar-refractivity contribution is -0.134. The standard InChI is InChI=1S/C19H27BrN4O3/c1-13(2)12-27-19(26)24-9-7-23(8-10-24)18(25)17-11-16(21-22-17)14-3-5-15(20)6-4-14/h3-6,13,16-17,21-22H,7-12H2,1-2H3. The smallest absolute Gasteiger partial charge is 0.409 e. The maximum Gasteiger partial charge on any atom is 0.409 e. The van der Waals surface area contributed by atoms with Crippen LogP contribution in [0.15, 0.2) is 28.7 Å². The molecule has 3 rings (SSSR count). The molecule has 2 aliphatic rings. The van der Waals surface area contributed by atoms with E-state index in [4.69, 9.17) is 4.74 Å². The maximum atomic E-state index is 12.8. The van der Waals surface area contributed by atoms with Crippen LogP contribution in [-0.2, 0) is 9.53 Å². The number of amides is 2. The SMILES string of the molecule is CC(C)COC(=O)N1CCN(C(=O)C2CC(c3ccc(Br)cc3)NN2)CC1. The van der Waals surface area contributed by atoms with Crippen LogP contribution in [0.1, 0.15) is 31.9 Å². The highest BCUT2D eigenvalue weighted by molar-refractivity contribution is 9.10. The molecule has 0 aliphatic carbocycles. The van der Waals surface area contributed by atoms with Crippen LogP contribution in [0.5, 0.6) is 0 Å². The van der Waals surface area contributed by atoms with Crippen molar-refractivity contribution in [2.75, 3.05) is 32.8 Å². The highest BCUT2D eigenvalue weighted by Gasteiger charge is 2.34. The molecule has 8 heteroatoms. The molecule has 0 aromatic heterocycles. The van der Waals surface area contributed by atoms with E-state index in [2.05, 4.69) is 38.9 Å². The Kier molecular flexibility index (Phi) is 6.73. The molecule has 0 radical (unpaired) electrons. The van der Waals surface area contributed by atoms with Crippen molar-refractivity contribution in [3.63, 3.8) is 0 Å². The molecule has 0 bridgehead atoms. The van der Waals surface area contributed by atoms with Crippen molar-refractivity contribution in [1.29, 1.82) is 0 Å². The van der Waals surface area contributed by atoms with E-state index in [0.717, 1.165) is 10.0 Å². The highest BCUT2D eigenvalue weighted by Crippen LogP contribution is 2.24. The molecule has 1 aromatic carbocycles. The van der Waals surface area contributed by atoms with Crippen molar-refractivity contribution in [2.24, 2.45) is 5.92 Å². The highest BCUT2D eigenvalue weighted by atomic mass is 79.9. The number of benzene rings is 1. The summed E-state index contributed by atoms with van der Waals surface area (Å²) in [5.41, 5.74) is 7.50. The molecule has 7 nitrogen and oxygen atoms in total. The molecule has 27 heavy (non-hydrogen) atoms. The van der Waals surface area contributed by atoms with Gasteiger partial charge >= 0.3 is 6.09 Å². The van der Waals surface area contributed by atoms with Crippen molar-refractivity contribution in [1.82, 2.24) is 20.7 Å². The van der Waals surface area contributed by atoms with Gasteiger partial charge in [-0.25, -0.2) is 15.6 Å². The van der Waals surface area contributed by atoms with Gasteiger partial charge in [-0.1, -0.05) is 41.9 Å². The lowest BCUT2D eigenvalue weighted by Crippen LogP contribution is -2.54. The second-order valence-corrected chi connectivity index (χ2v) is 8.38. The van der Waals surface area contributed by atoms with Gasteiger partial charge in [0.2, 0.25) is 5.91 Å². The van der Waals surface area contributed by atoms with Crippen LogP contribution in [0.25, 0.3) is 0 Å². The summed E-state index contributed by atoms with van der Waals surface area (Å²) in [4.78, 5) is 28.3. The Morgan fingerprint density at radius 2 is 1.74 bits per heavy atom. The Bertz CT molecular complexity index is 659. The van der Waals surface area contributed by atoms with E-state index < -0.39 is 0 Å². The fourth-order valence-corrected chi connectivity index (χ4v) is 3.56. The number of hydrogen-bond acceptors (Lipinski definition) is 5. The molecule has 2 fully saturated rings. The molecule has 2 N–H and O–H groups in total. The Hall–Kier alpha value is -1.64. The summed E-state index contributed by atoms with van der Waals surface area (Å²) < 4.78 is 6.30. The Morgan fingerprint density at radius 1 is 1.11 bits per heavy atom. The molecule has 2 unspecified atom stereocenters. The molecular formula is C19H27BrN4O3. The van der Waals surface area contributed by atoms with Crippen LogP contribution < -0.4 is 10.9 Å². The number of carbonyl (C=O) groups excluding carboxylic acids is 2. The van der Waals surface area contributed by atoms with Crippen LogP contribution in [0.2, 0.25) is 0 Å². The number of hydrazine groups is 1. The molecule has 2 saturated heterocycles. The molecule has 2 amide bonds. The van der Waals surface area contributed by atoms with Crippen LogP contribution in [0.4, 0.5) is 4.79 Å². The van der Waals surface area contributed by atoms with Crippen molar-refractivity contribution in [3.05, 3.63) is 34.3 Å². The third-order valence-corrected chi connectivity index (χ3v) is 5.39. The molecular weight excluding hydrogens is 412 g/mol. The third kappa shape index (κ3) is 5.21. The van der Waals surface area contributed by atoms with Crippen molar-refractivity contribution >= 4 is 27.9 Å². The Balaban J connectivity index is 1.47. The number of nitrogens with zero attached hydrogens (tertiary/aromatic N) is 2. The van der Waals surface area contributed by atoms with Crippen molar-refractivity contribution in [2.45, 2.75) is 32.4 Å². The molecule has 2 heterocycles. The monoisotopic (exact) mass is 438 g/mol. The Morgan fingerprint density at radius 3 is 2.37 bits per heavy atom. The van der Waals surface area contributed by atoms with Gasteiger partial charge in [0.1, 0.15) is 6.04 Å². The zero-order valence-corrected chi connectivity index (χ0v) is 17.4. The number of halogens is 1. The summed E-state index contributed by atoms with van der Waals surface area (Å²) in [5, 5.41) is 0. The summed E-state index contributed by atoms with van der Waals surface area (Å²) in [6.07, 6.45) is 0.420. The molecule has 2 aliphatic heterocycles. The van der Waals surface area contributed by atoms with Gasteiger partial charge in [0, 0.05) is 36.7 Å². The summed E-state index contributed by atoms with van der Waals surface area (Å²) in [7, 11) is 0. The van der Waals surface area contributed by atoms with Gasteiger partial charge in [-0.15, -0.1) is 0 Å². The minimum absolute atomic E-state index is 0.0808. The first kappa shape index (κ1) is 20.1. The predicted molar refractivity (Wildman–Crippen MR) is 106 cm³/mol. The quantitative estimate of drug-likeness (QED) is 0.754. The second kappa shape index (κ2) is 9.03. The van der Waals surface area contributed by atoms with E-state index in [9.17, 15) is 9.59 Å². The largest absolute Gasteiger partial charge is 0.449 e. The zero-order chi connectivity index (χ0) is 19.4. The van der Waals surface area contributed by atoms with Gasteiger partial charge in [-0.3, -0.25) is 4.79 Å². The predicted octanol–water partition coefficient (Wildman–Crippen LogP) is 2.29. The number of nitrogens with one attached hydrogen (secondary N) is 2. The second-order valence-electron chi connectivity index (χ2n) is 7.46. The fourth-order valence-electron chi connectivity index (χ4n) is 3.29. The number of piperazine rings is 1. The summed E-state index contributed by atoms with van der Waals surface area (Å²) >= 11 is 3.44. The van der Waals surface area contributed by atoms with E-state index in [-0.39, 0.29) is 24.1 Å². The molecule has 2 atom stereocenters. The average Bonchev–Trinajstić information content (AvgIpc) is 3.16. The zero-order valence-electron chi connectivity index (χ0n) is 15.8. The Labute approximate surface area is 168 Å². The lowest BCUT2D eigenvalue weighted by Gasteiger charge is -2.35. The van der Waals surface area contributed by atoms with Crippen molar-refractivity contribution < 1.29 is 14.3 Å². The topological polar surface area (TPSA) is 73.9 Å². The maximum absolute atomic E-state index is 12.8. The van der Waals surface area contributed by atoms with Gasteiger partial charge in [-0.05, 0) is 30.0 Å². The van der Waals surface area contributed by atoms with E-state index >= 15 is 0 Å². The minimum atomic E-state index is -0.285. The van der Waals surface area contributed by atoms with Gasteiger partial charge in [0.15, 0.2) is 0 Å². The number of rotatable bonds is 4. The van der Waals surface area contributed by atoms with Gasteiger partial charge in [0.25, 0.3) is 0 Å². The third-order valence-electron chi connectivity index (χ3n) is 4.86. The van der Waals surface area contributed by atoms with Gasteiger partial charge in [-0.2, -0.15) is 0 Å². The molecule has 148 valence electrons. The summed E-state index contributed by atoms with van der Waals surface area (Å²) in [5.74, 6) is 0.397. The first-order valence-electron chi connectivity index (χ1n) is 9.41. The molecule has 1 aromatic rings. The van der Waals surface area contributed by atoms with Gasteiger partial charge < -0.3 is 14.5 Å². The first-order valence-corrected chi connectivity index (χ1v) is 10.2.